The number of pyridine rings is 1. The Morgan fingerprint density at radius 3 is 2.52 bits per heavy atom. The van der Waals surface area contributed by atoms with Gasteiger partial charge in [-0.25, -0.2) is 4.39 Å². The topological polar surface area (TPSA) is 115 Å². The second-order valence-electron chi connectivity index (χ2n) is 7.44. The molecule has 4 atom stereocenters. The minimum absolute atomic E-state index is 0.0606. The summed E-state index contributed by atoms with van der Waals surface area (Å²) in [4.78, 5) is 27.9. The van der Waals surface area contributed by atoms with Crippen molar-refractivity contribution in [3.8, 4) is 5.75 Å². The van der Waals surface area contributed by atoms with Crippen LogP contribution in [-0.4, -0.2) is 39.8 Å². The third-order valence-electron chi connectivity index (χ3n) is 5.56. The molecule has 2 amide bonds. The highest BCUT2D eigenvalue weighted by molar-refractivity contribution is 5.97. The SMILES string of the molecule is C[C@H]1[C@H](c2ccc(F)cc2O)[C@H](C(=O)Nc2ccnc(C(N)=O)c2)O[C@@]1(C)C(F)(F)F. The summed E-state index contributed by atoms with van der Waals surface area (Å²) in [6.07, 6.45) is -5.31. The number of amides is 2. The van der Waals surface area contributed by atoms with Crippen LogP contribution in [0, 0.1) is 11.7 Å². The summed E-state index contributed by atoms with van der Waals surface area (Å²) < 4.78 is 60.1. The van der Waals surface area contributed by atoms with Crippen molar-refractivity contribution in [2.24, 2.45) is 11.7 Å². The van der Waals surface area contributed by atoms with Crippen molar-refractivity contribution in [2.75, 3.05) is 5.32 Å². The van der Waals surface area contributed by atoms with Crippen molar-refractivity contribution in [2.45, 2.75) is 37.6 Å². The molecule has 0 aliphatic carbocycles. The van der Waals surface area contributed by atoms with Gasteiger partial charge in [0.2, 0.25) is 0 Å². The highest BCUT2D eigenvalue weighted by Crippen LogP contribution is 2.54. The van der Waals surface area contributed by atoms with Crippen LogP contribution in [0.3, 0.4) is 0 Å². The molecule has 4 N–H and O–H groups in total. The first-order valence-corrected chi connectivity index (χ1v) is 9.15. The Kier molecular flexibility index (Phi) is 5.66. The third-order valence-corrected chi connectivity index (χ3v) is 5.56. The van der Waals surface area contributed by atoms with E-state index in [1.807, 2.05) is 0 Å². The summed E-state index contributed by atoms with van der Waals surface area (Å²) in [5.74, 6) is -5.74. The molecule has 0 unspecified atom stereocenters. The van der Waals surface area contributed by atoms with Gasteiger partial charge < -0.3 is 20.9 Å². The maximum absolute atomic E-state index is 13.8. The first kappa shape index (κ1) is 22.5. The standard InChI is InChI=1S/C20H19F4N3O4/c1-9-15(12-4-3-10(21)7-14(12)28)16(31-19(9,2)20(22,23)24)18(30)27-11-5-6-26-13(8-11)17(25)29/h3-9,15-16,28H,1-2H3,(H2,25,29)(H,26,27,30)/t9-,15+,16+,19+/m0/s1. The molecule has 1 fully saturated rings. The Bertz CT molecular complexity index is 1030. The smallest absolute Gasteiger partial charge is 0.417 e. The van der Waals surface area contributed by atoms with Crippen molar-refractivity contribution >= 4 is 17.5 Å². The zero-order valence-electron chi connectivity index (χ0n) is 16.4. The number of benzene rings is 1. The summed E-state index contributed by atoms with van der Waals surface area (Å²) in [5, 5.41) is 12.5. The molecule has 1 aliphatic rings. The van der Waals surface area contributed by atoms with E-state index in [-0.39, 0.29) is 16.9 Å². The number of carbonyl (C=O) groups is 2. The number of nitrogens with two attached hydrogens (primary N) is 1. The summed E-state index contributed by atoms with van der Waals surface area (Å²) in [6, 6.07) is 5.32. The number of aromatic hydroxyl groups is 1. The largest absolute Gasteiger partial charge is 0.508 e. The second-order valence-corrected chi connectivity index (χ2v) is 7.44. The predicted octanol–water partition coefficient (Wildman–Crippen LogP) is 3.10. The van der Waals surface area contributed by atoms with E-state index in [2.05, 4.69) is 10.3 Å². The van der Waals surface area contributed by atoms with Gasteiger partial charge in [-0.15, -0.1) is 0 Å². The van der Waals surface area contributed by atoms with Crippen molar-refractivity contribution in [3.63, 3.8) is 0 Å². The summed E-state index contributed by atoms with van der Waals surface area (Å²) in [7, 11) is 0. The predicted molar refractivity (Wildman–Crippen MR) is 101 cm³/mol. The number of carbonyl (C=O) groups excluding carboxylic acids is 2. The van der Waals surface area contributed by atoms with E-state index in [1.165, 1.54) is 19.2 Å². The van der Waals surface area contributed by atoms with Gasteiger partial charge in [0.15, 0.2) is 5.60 Å². The lowest BCUT2D eigenvalue weighted by Crippen LogP contribution is -2.47. The van der Waals surface area contributed by atoms with E-state index < -0.39 is 53.1 Å². The molecule has 1 aromatic carbocycles. The number of hydrogen-bond donors (Lipinski definition) is 3. The normalized spacial score (nSPS) is 25.9. The van der Waals surface area contributed by atoms with Gasteiger partial charge in [0.05, 0.1) is 0 Å². The van der Waals surface area contributed by atoms with Crippen molar-refractivity contribution in [3.05, 3.63) is 53.6 Å². The number of aromatic nitrogens is 1. The molecular formula is C20H19F4N3O4. The highest BCUT2D eigenvalue weighted by atomic mass is 19.4. The zero-order valence-corrected chi connectivity index (χ0v) is 16.4. The first-order chi connectivity index (χ1) is 14.3. The fourth-order valence-electron chi connectivity index (χ4n) is 3.68. The van der Waals surface area contributed by atoms with Crippen LogP contribution in [0.25, 0.3) is 0 Å². The van der Waals surface area contributed by atoms with E-state index in [4.69, 9.17) is 10.5 Å². The summed E-state index contributed by atoms with van der Waals surface area (Å²) in [6.45, 7) is 2.06. The van der Waals surface area contributed by atoms with Crippen LogP contribution < -0.4 is 11.1 Å². The fraction of sp³-hybridized carbons (Fsp3) is 0.350. The van der Waals surface area contributed by atoms with E-state index in [0.717, 1.165) is 31.2 Å². The number of nitrogens with one attached hydrogen (secondary N) is 1. The van der Waals surface area contributed by atoms with Gasteiger partial charge in [-0.1, -0.05) is 13.0 Å². The quantitative estimate of drug-likeness (QED) is 0.631. The lowest BCUT2D eigenvalue weighted by atomic mass is 9.77. The average Bonchev–Trinajstić information content (AvgIpc) is 2.94. The van der Waals surface area contributed by atoms with Gasteiger partial charge in [-0.3, -0.25) is 14.6 Å². The van der Waals surface area contributed by atoms with Crippen LogP contribution in [0.4, 0.5) is 23.2 Å². The minimum Gasteiger partial charge on any atom is -0.508 e. The first-order valence-electron chi connectivity index (χ1n) is 9.15. The lowest BCUT2D eigenvalue weighted by molar-refractivity contribution is -0.272. The molecule has 0 spiro atoms. The van der Waals surface area contributed by atoms with Crippen molar-refractivity contribution in [1.82, 2.24) is 4.98 Å². The van der Waals surface area contributed by atoms with Gasteiger partial charge in [0.1, 0.15) is 23.4 Å². The highest BCUT2D eigenvalue weighted by Gasteiger charge is 2.65. The molecule has 31 heavy (non-hydrogen) atoms. The number of ether oxygens (including phenoxy) is 1. The molecule has 2 heterocycles. The van der Waals surface area contributed by atoms with Crippen LogP contribution in [0.5, 0.6) is 5.75 Å². The average molecular weight is 441 g/mol. The molecule has 11 heteroatoms. The molecule has 0 bridgehead atoms. The van der Waals surface area contributed by atoms with E-state index in [0.29, 0.717) is 0 Å². The van der Waals surface area contributed by atoms with E-state index in [9.17, 15) is 32.3 Å². The van der Waals surface area contributed by atoms with Crippen LogP contribution >= 0.6 is 0 Å². The summed E-state index contributed by atoms with van der Waals surface area (Å²) in [5.41, 5.74) is 2.27. The van der Waals surface area contributed by atoms with Gasteiger partial charge >= 0.3 is 6.18 Å². The van der Waals surface area contributed by atoms with Crippen LogP contribution in [0.1, 0.15) is 35.8 Å². The number of nitrogens with zero attached hydrogens (tertiary/aromatic N) is 1. The molecule has 0 radical (unpaired) electrons. The lowest BCUT2D eigenvalue weighted by Gasteiger charge is -2.31. The van der Waals surface area contributed by atoms with Crippen molar-refractivity contribution in [1.29, 1.82) is 0 Å². The fourth-order valence-corrected chi connectivity index (χ4v) is 3.68. The van der Waals surface area contributed by atoms with E-state index >= 15 is 0 Å². The monoisotopic (exact) mass is 441 g/mol. The Labute approximate surface area is 174 Å². The van der Waals surface area contributed by atoms with Crippen LogP contribution in [-0.2, 0) is 9.53 Å². The van der Waals surface area contributed by atoms with Gasteiger partial charge in [-0.05, 0) is 25.1 Å². The van der Waals surface area contributed by atoms with Gasteiger partial charge in [0, 0.05) is 35.3 Å². The number of phenolic OH excluding ortho intramolecular Hbond substituents is 1. The molecule has 1 aromatic heterocycles. The Balaban J connectivity index is 2.01. The number of anilines is 1. The van der Waals surface area contributed by atoms with Crippen LogP contribution in [0.2, 0.25) is 0 Å². The van der Waals surface area contributed by atoms with Crippen molar-refractivity contribution < 1.29 is 37.0 Å². The Hall–Kier alpha value is -3.21. The molecule has 166 valence electrons. The molecule has 3 rings (SSSR count). The minimum atomic E-state index is -4.83. The molecular weight excluding hydrogens is 422 g/mol. The Morgan fingerprint density at radius 2 is 1.94 bits per heavy atom. The molecule has 7 nitrogen and oxygen atoms in total. The van der Waals surface area contributed by atoms with E-state index in [1.54, 1.807) is 0 Å². The molecule has 2 aromatic rings. The summed E-state index contributed by atoms with van der Waals surface area (Å²) >= 11 is 0. The van der Waals surface area contributed by atoms with Gasteiger partial charge in [0.25, 0.3) is 11.8 Å². The number of hydrogen-bond acceptors (Lipinski definition) is 5. The third kappa shape index (κ3) is 4.05. The second kappa shape index (κ2) is 7.80. The number of halogens is 4. The van der Waals surface area contributed by atoms with Crippen LogP contribution in [0.15, 0.2) is 36.5 Å². The number of rotatable bonds is 4. The number of phenols is 1. The molecule has 0 saturated carbocycles. The maximum Gasteiger partial charge on any atom is 0.417 e. The molecule has 1 aliphatic heterocycles. The van der Waals surface area contributed by atoms with Gasteiger partial charge in [-0.2, -0.15) is 13.2 Å². The zero-order chi connectivity index (χ0) is 23.1. The number of alkyl halides is 3. The Morgan fingerprint density at radius 1 is 1.26 bits per heavy atom. The molecule has 1 saturated heterocycles. The maximum atomic E-state index is 13.8. The number of primary amides is 1.